The van der Waals surface area contributed by atoms with Crippen LogP contribution >= 0.6 is 0 Å². The molecule has 0 aromatic heterocycles. The number of anilines is 1. The van der Waals surface area contributed by atoms with Crippen molar-refractivity contribution in [1.82, 2.24) is 4.90 Å². The molecule has 1 aromatic carbocycles. The van der Waals surface area contributed by atoms with E-state index >= 15 is 0 Å². The minimum absolute atomic E-state index is 0.206. The summed E-state index contributed by atoms with van der Waals surface area (Å²) in [6, 6.07) is 8.50. The zero-order valence-corrected chi connectivity index (χ0v) is 17.4. The highest BCUT2D eigenvalue weighted by Gasteiger charge is 2.26. The maximum atomic E-state index is 12.6. The smallest absolute Gasteiger partial charge is 0.227 e. The highest BCUT2D eigenvalue weighted by Crippen LogP contribution is 2.32. The van der Waals surface area contributed by atoms with Crippen molar-refractivity contribution in [3.8, 4) is 0 Å². The van der Waals surface area contributed by atoms with Gasteiger partial charge in [0.25, 0.3) is 0 Å². The lowest BCUT2D eigenvalue weighted by atomic mass is 9.79. The van der Waals surface area contributed by atoms with Crippen LogP contribution in [-0.2, 0) is 11.3 Å². The van der Waals surface area contributed by atoms with Crippen LogP contribution in [0.15, 0.2) is 24.3 Å². The van der Waals surface area contributed by atoms with E-state index in [-0.39, 0.29) is 11.8 Å². The van der Waals surface area contributed by atoms with Crippen LogP contribution in [0.2, 0.25) is 0 Å². The average Bonchev–Trinajstić information content (AvgIpc) is 2.70. The molecule has 3 nitrogen and oxygen atoms in total. The number of rotatable bonds is 7. The Bertz CT molecular complexity index is 567. The molecule has 1 aliphatic heterocycles. The van der Waals surface area contributed by atoms with Crippen LogP contribution in [0.4, 0.5) is 5.69 Å². The Hall–Kier alpha value is -1.35. The van der Waals surface area contributed by atoms with E-state index in [0.717, 1.165) is 36.9 Å². The van der Waals surface area contributed by atoms with Gasteiger partial charge in [-0.3, -0.25) is 9.69 Å². The molecular formula is C24H38N2O. The van der Waals surface area contributed by atoms with Gasteiger partial charge in [-0.1, -0.05) is 45.2 Å². The second-order valence-corrected chi connectivity index (χ2v) is 9.00. The van der Waals surface area contributed by atoms with Crippen molar-refractivity contribution >= 4 is 11.6 Å². The van der Waals surface area contributed by atoms with Gasteiger partial charge < -0.3 is 5.32 Å². The minimum atomic E-state index is 0.206. The number of carbonyl (C=O) groups excluding carboxylic acids is 1. The number of hydrogen-bond donors (Lipinski definition) is 1. The zero-order valence-electron chi connectivity index (χ0n) is 17.4. The first kappa shape index (κ1) is 20.4. The van der Waals surface area contributed by atoms with Crippen molar-refractivity contribution in [3.63, 3.8) is 0 Å². The molecule has 0 radical (unpaired) electrons. The number of piperidine rings is 1. The maximum Gasteiger partial charge on any atom is 0.227 e. The third-order valence-electron chi connectivity index (χ3n) is 6.69. The number of benzene rings is 1. The van der Waals surface area contributed by atoms with E-state index in [1.807, 2.05) is 0 Å². The zero-order chi connectivity index (χ0) is 19.1. The Morgan fingerprint density at radius 1 is 1.04 bits per heavy atom. The summed E-state index contributed by atoms with van der Waals surface area (Å²) < 4.78 is 0. The normalized spacial score (nSPS) is 24.7. The number of nitrogens with zero attached hydrogens (tertiary/aromatic N) is 1. The summed E-state index contributed by atoms with van der Waals surface area (Å²) in [6.45, 7) is 8.06. The minimum Gasteiger partial charge on any atom is -0.326 e. The van der Waals surface area contributed by atoms with E-state index in [1.54, 1.807) is 0 Å². The summed E-state index contributed by atoms with van der Waals surface area (Å²) in [6.07, 6.45) is 11.2. The van der Waals surface area contributed by atoms with Crippen LogP contribution in [0.5, 0.6) is 0 Å². The molecule has 3 rings (SSSR count). The first-order chi connectivity index (χ1) is 13.1. The van der Waals surface area contributed by atoms with Gasteiger partial charge >= 0.3 is 0 Å². The molecular weight excluding hydrogens is 332 g/mol. The van der Waals surface area contributed by atoms with Crippen LogP contribution in [0.1, 0.15) is 77.2 Å². The molecule has 150 valence electrons. The van der Waals surface area contributed by atoms with Crippen LogP contribution in [0.3, 0.4) is 0 Å². The van der Waals surface area contributed by atoms with Crippen LogP contribution in [-0.4, -0.2) is 23.9 Å². The molecule has 0 unspecified atom stereocenters. The Labute approximate surface area is 165 Å². The average molecular weight is 371 g/mol. The molecule has 1 aliphatic carbocycles. The fourth-order valence-electron chi connectivity index (χ4n) is 4.62. The van der Waals surface area contributed by atoms with E-state index < -0.39 is 0 Å². The van der Waals surface area contributed by atoms with Gasteiger partial charge in [-0.2, -0.15) is 0 Å². The van der Waals surface area contributed by atoms with Crippen molar-refractivity contribution in [2.24, 2.45) is 17.8 Å². The quantitative estimate of drug-likeness (QED) is 0.652. The molecule has 2 fully saturated rings. The molecule has 1 aromatic rings. The number of amides is 1. The second kappa shape index (κ2) is 10.3. The fraction of sp³-hybridized carbons (Fsp3) is 0.708. The van der Waals surface area contributed by atoms with E-state index in [1.165, 1.54) is 63.6 Å². The molecule has 1 heterocycles. The molecule has 2 aliphatic rings. The van der Waals surface area contributed by atoms with E-state index in [2.05, 4.69) is 48.3 Å². The largest absolute Gasteiger partial charge is 0.326 e. The summed E-state index contributed by atoms with van der Waals surface area (Å²) in [4.78, 5) is 15.1. The van der Waals surface area contributed by atoms with Gasteiger partial charge in [0.1, 0.15) is 0 Å². The lowest BCUT2D eigenvalue weighted by molar-refractivity contribution is -0.121. The summed E-state index contributed by atoms with van der Waals surface area (Å²) in [7, 11) is 0. The molecule has 3 heteroatoms. The van der Waals surface area contributed by atoms with Crippen LogP contribution in [0, 0.1) is 17.8 Å². The molecule has 1 amide bonds. The van der Waals surface area contributed by atoms with Gasteiger partial charge in [-0.25, -0.2) is 0 Å². The van der Waals surface area contributed by atoms with Gasteiger partial charge in [0.05, 0.1) is 0 Å². The first-order valence-electron chi connectivity index (χ1n) is 11.3. The van der Waals surface area contributed by atoms with E-state index in [4.69, 9.17) is 0 Å². The monoisotopic (exact) mass is 370 g/mol. The number of nitrogens with one attached hydrogen (secondary N) is 1. The van der Waals surface area contributed by atoms with E-state index in [0.29, 0.717) is 0 Å². The highest BCUT2D eigenvalue weighted by atomic mass is 16.1. The number of carbonyl (C=O) groups is 1. The summed E-state index contributed by atoms with van der Waals surface area (Å²) in [5, 5.41) is 3.15. The summed E-state index contributed by atoms with van der Waals surface area (Å²) in [5.41, 5.74) is 2.29. The summed E-state index contributed by atoms with van der Waals surface area (Å²) >= 11 is 0. The topological polar surface area (TPSA) is 32.3 Å². The Kier molecular flexibility index (Phi) is 7.75. The summed E-state index contributed by atoms with van der Waals surface area (Å²) in [5.74, 6) is 2.16. The van der Waals surface area contributed by atoms with Gasteiger partial charge in [-0.15, -0.1) is 0 Å². The number of likely N-dealkylation sites (tertiary alicyclic amines) is 1. The Morgan fingerprint density at radius 3 is 2.33 bits per heavy atom. The fourth-order valence-corrected chi connectivity index (χ4v) is 4.62. The van der Waals surface area contributed by atoms with Gasteiger partial charge in [0, 0.05) is 18.2 Å². The standard InChI is InChI=1S/C24H38N2O/c1-3-4-5-20-6-10-22(11-7-20)24(27)25-23-12-8-21(9-13-23)18-26-16-14-19(2)15-17-26/h8-9,12-13,19-20,22H,3-7,10-11,14-18H2,1-2H3,(H,25,27). The Balaban J connectivity index is 1.42. The predicted octanol–water partition coefficient (Wildman–Crippen LogP) is 5.85. The van der Waals surface area contributed by atoms with Crippen molar-refractivity contribution < 1.29 is 4.79 Å². The van der Waals surface area contributed by atoms with Crippen LogP contribution in [0.25, 0.3) is 0 Å². The first-order valence-corrected chi connectivity index (χ1v) is 11.3. The van der Waals surface area contributed by atoms with Gasteiger partial charge in [-0.05, 0) is 81.1 Å². The molecule has 0 atom stereocenters. The van der Waals surface area contributed by atoms with Crippen molar-refractivity contribution in [1.29, 1.82) is 0 Å². The molecule has 1 saturated carbocycles. The molecule has 1 saturated heterocycles. The van der Waals surface area contributed by atoms with Gasteiger partial charge in [0.15, 0.2) is 0 Å². The third kappa shape index (κ3) is 6.34. The third-order valence-corrected chi connectivity index (χ3v) is 6.69. The number of unbranched alkanes of at least 4 members (excludes halogenated alkanes) is 1. The van der Waals surface area contributed by atoms with Gasteiger partial charge in [0.2, 0.25) is 5.91 Å². The molecule has 1 N–H and O–H groups in total. The molecule has 27 heavy (non-hydrogen) atoms. The number of hydrogen-bond acceptors (Lipinski definition) is 2. The lowest BCUT2D eigenvalue weighted by Crippen LogP contribution is -2.32. The van der Waals surface area contributed by atoms with Crippen molar-refractivity contribution in [3.05, 3.63) is 29.8 Å². The van der Waals surface area contributed by atoms with Crippen LogP contribution < -0.4 is 5.32 Å². The van der Waals surface area contributed by atoms with E-state index in [9.17, 15) is 4.79 Å². The maximum absolute atomic E-state index is 12.6. The van der Waals surface area contributed by atoms with Crippen molar-refractivity contribution in [2.45, 2.75) is 78.2 Å². The molecule has 0 spiro atoms. The van der Waals surface area contributed by atoms with Crippen molar-refractivity contribution in [2.75, 3.05) is 18.4 Å². The highest BCUT2D eigenvalue weighted by molar-refractivity contribution is 5.92. The molecule has 0 bridgehead atoms. The second-order valence-electron chi connectivity index (χ2n) is 9.00. The SMILES string of the molecule is CCCCC1CCC(C(=O)Nc2ccc(CN3CCC(C)CC3)cc2)CC1. The lowest BCUT2D eigenvalue weighted by Gasteiger charge is -2.30. The Morgan fingerprint density at radius 2 is 1.70 bits per heavy atom. The predicted molar refractivity (Wildman–Crippen MR) is 114 cm³/mol.